The monoisotopic (exact) mass is 307 g/mol. The predicted octanol–water partition coefficient (Wildman–Crippen LogP) is 3.74. The van der Waals surface area contributed by atoms with Gasteiger partial charge >= 0.3 is 0 Å². The molecular weight excluding hydrogens is 301 g/mol. The molecule has 100 valence electrons. The second-order valence-corrected chi connectivity index (χ2v) is 5.42. The van der Waals surface area contributed by atoms with Gasteiger partial charge < -0.3 is 0 Å². The Balaban J connectivity index is 1.85. The number of thiazole rings is 1. The standard InChI is InChI=1S/C13H7ClFN3OS/c14-8-2-3-9-10(5-8)20-13(17-9)18-12(19)7-1-4-11(15)16-6-7/h1-6H,(H,17,18,19). The average Bonchev–Trinajstić information content (AvgIpc) is 2.80. The van der Waals surface area contributed by atoms with Crippen molar-refractivity contribution in [2.24, 2.45) is 0 Å². The van der Waals surface area contributed by atoms with E-state index in [0.717, 1.165) is 16.3 Å². The second-order valence-electron chi connectivity index (χ2n) is 3.95. The van der Waals surface area contributed by atoms with Gasteiger partial charge in [-0.25, -0.2) is 9.97 Å². The molecule has 2 heterocycles. The summed E-state index contributed by atoms with van der Waals surface area (Å²) in [6, 6.07) is 7.79. The Labute approximate surface area is 122 Å². The minimum Gasteiger partial charge on any atom is -0.298 e. The van der Waals surface area contributed by atoms with E-state index in [0.29, 0.717) is 10.2 Å². The van der Waals surface area contributed by atoms with E-state index < -0.39 is 5.95 Å². The Bertz CT molecular complexity index is 788. The van der Waals surface area contributed by atoms with Gasteiger partial charge in [0.25, 0.3) is 5.91 Å². The fourth-order valence-electron chi connectivity index (χ4n) is 1.63. The van der Waals surface area contributed by atoms with Crippen molar-refractivity contribution in [2.75, 3.05) is 5.32 Å². The number of benzene rings is 1. The topological polar surface area (TPSA) is 54.9 Å². The van der Waals surface area contributed by atoms with Crippen LogP contribution in [0.15, 0.2) is 36.5 Å². The first-order valence-corrected chi connectivity index (χ1v) is 6.80. The Morgan fingerprint density at radius 3 is 2.90 bits per heavy atom. The van der Waals surface area contributed by atoms with Crippen LogP contribution >= 0.6 is 22.9 Å². The lowest BCUT2D eigenvalue weighted by atomic mass is 10.3. The van der Waals surface area contributed by atoms with Crippen LogP contribution in [0.2, 0.25) is 5.02 Å². The first-order valence-electron chi connectivity index (χ1n) is 5.61. The van der Waals surface area contributed by atoms with E-state index in [1.165, 1.54) is 23.6 Å². The molecule has 0 aliphatic heterocycles. The highest BCUT2D eigenvalue weighted by Gasteiger charge is 2.10. The van der Waals surface area contributed by atoms with Crippen LogP contribution in [0, 0.1) is 5.95 Å². The number of hydrogen-bond donors (Lipinski definition) is 1. The van der Waals surface area contributed by atoms with Gasteiger partial charge in [-0.1, -0.05) is 22.9 Å². The molecule has 0 radical (unpaired) electrons. The van der Waals surface area contributed by atoms with E-state index in [2.05, 4.69) is 15.3 Å². The summed E-state index contributed by atoms with van der Waals surface area (Å²) < 4.78 is 13.6. The molecule has 0 unspecified atom stereocenters. The quantitative estimate of drug-likeness (QED) is 0.734. The molecule has 3 aromatic rings. The molecular formula is C13H7ClFN3OS. The Morgan fingerprint density at radius 1 is 1.30 bits per heavy atom. The maximum absolute atomic E-state index is 12.7. The van der Waals surface area contributed by atoms with Gasteiger partial charge in [-0.15, -0.1) is 0 Å². The van der Waals surface area contributed by atoms with Gasteiger partial charge in [0.2, 0.25) is 5.95 Å². The van der Waals surface area contributed by atoms with Gasteiger partial charge in [0.05, 0.1) is 15.8 Å². The van der Waals surface area contributed by atoms with Gasteiger partial charge in [0, 0.05) is 11.2 Å². The number of fused-ring (bicyclic) bond motifs is 1. The molecule has 0 aliphatic carbocycles. The molecule has 0 spiro atoms. The van der Waals surface area contributed by atoms with Crippen molar-refractivity contribution in [3.05, 3.63) is 53.1 Å². The van der Waals surface area contributed by atoms with Crippen molar-refractivity contribution in [3.63, 3.8) is 0 Å². The van der Waals surface area contributed by atoms with Crippen LogP contribution in [0.1, 0.15) is 10.4 Å². The molecule has 0 saturated heterocycles. The number of halogens is 2. The number of anilines is 1. The van der Waals surface area contributed by atoms with Gasteiger partial charge in [-0.2, -0.15) is 4.39 Å². The molecule has 3 rings (SSSR count). The summed E-state index contributed by atoms with van der Waals surface area (Å²) >= 11 is 7.21. The van der Waals surface area contributed by atoms with Gasteiger partial charge in [-0.3, -0.25) is 10.1 Å². The number of nitrogens with zero attached hydrogens (tertiary/aromatic N) is 2. The maximum atomic E-state index is 12.7. The highest BCUT2D eigenvalue weighted by molar-refractivity contribution is 7.22. The smallest absolute Gasteiger partial charge is 0.259 e. The minimum absolute atomic E-state index is 0.267. The van der Waals surface area contributed by atoms with E-state index in [1.807, 2.05) is 0 Å². The van der Waals surface area contributed by atoms with Crippen molar-refractivity contribution in [2.45, 2.75) is 0 Å². The molecule has 0 fully saturated rings. The fraction of sp³-hybridized carbons (Fsp3) is 0. The van der Waals surface area contributed by atoms with E-state index in [4.69, 9.17) is 11.6 Å². The molecule has 1 N–H and O–H groups in total. The summed E-state index contributed by atoms with van der Waals surface area (Å²) in [4.78, 5) is 19.6. The SMILES string of the molecule is O=C(Nc1nc2ccc(Cl)cc2s1)c1ccc(F)nc1. The van der Waals surface area contributed by atoms with Crippen LogP contribution in [-0.2, 0) is 0 Å². The summed E-state index contributed by atoms with van der Waals surface area (Å²) in [5.74, 6) is -1.01. The van der Waals surface area contributed by atoms with Crippen LogP contribution in [0.3, 0.4) is 0 Å². The molecule has 1 amide bonds. The fourth-order valence-corrected chi connectivity index (χ4v) is 2.77. The van der Waals surface area contributed by atoms with Gasteiger partial charge in [0.15, 0.2) is 5.13 Å². The Morgan fingerprint density at radius 2 is 2.15 bits per heavy atom. The highest BCUT2D eigenvalue weighted by Crippen LogP contribution is 2.28. The molecule has 0 saturated carbocycles. The predicted molar refractivity (Wildman–Crippen MR) is 76.8 cm³/mol. The zero-order valence-corrected chi connectivity index (χ0v) is 11.5. The number of aromatic nitrogens is 2. The Hall–Kier alpha value is -2.05. The summed E-state index contributed by atoms with van der Waals surface area (Å²) in [5, 5.41) is 3.72. The van der Waals surface area contributed by atoms with E-state index in [1.54, 1.807) is 18.2 Å². The van der Waals surface area contributed by atoms with Crippen LogP contribution in [0.4, 0.5) is 9.52 Å². The third kappa shape index (κ3) is 2.61. The van der Waals surface area contributed by atoms with Gasteiger partial charge in [0.1, 0.15) is 0 Å². The van der Waals surface area contributed by atoms with Crippen LogP contribution < -0.4 is 5.32 Å². The summed E-state index contributed by atoms with van der Waals surface area (Å²) in [6.45, 7) is 0. The number of nitrogens with one attached hydrogen (secondary N) is 1. The largest absolute Gasteiger partial charge is 0.298 e. The molecule has 0 bridgehead atoms. The number of carbonyl (C=O) groups excluding carboxylic acids is 1. The lowest BCUT2D eigenvalue weighted by Crippen LogP contribution is -2.12. The average molecular weight is 308 g/mol. The number of hydrogen-bond acceptors (Lipinski definition) is 4. The van der Waals surface area contributed by atoms with Crippen molar-refractivity contribution < 1.29 is 9.18 Å². The maximum Gasteiger partial charge on any atom is 0.259 e. The minimum atomic E-state index is -0.629. The zero-order chi connectivity index (χ0) is 14.1. The summed E-state index contributed by atoms with van der Waals surface area (Å²) in [5.41, 5.74) is 1.02. The first kappa shape index (κ1) is 13.0. The Kier molecular flexibility index (Phi) is 3.33. The van der Waals surface area contributed by atoms with E-state index >= 15 is 0 Å². The molecule has 1 aromatic carbocycles. The van der Waals surface area contributed by atoms with E-state index in [9.17, 15) is 9.18 Å². The van der Waals surface area contributed by atoms with Crippen LogP contribution in [0.25, 0.3) is 10.2 Å². The number of carbonyl (C=O) groups is 1. The van der Waals surface area contributed by atoms with Crippen LogP contribution in [-0.4, -0.2) is 15.9 Å². The molecule has 7 heteroatoms. The molecule has 0 aliphatic rings. The molecule has 20 heavy (non-hydrogen) atoms. The van der Waals surface area contributed by atoms with Crippen molar-refractivity contribution in [1.82, 2.24) is 9.97 Å². The third-order valence-corrected chi connectivity index (χ3v) is 3.73. The molecule has 0 atom stereocenters. The zero-order valence-electron chi connectivity index (χ0n) is 9.93. The number of pyridine rings is 1. The van der Waals surface area contributed by atoms with Crippen molar-refractivity contribution in [1.29, 1.82) is 0 Å². The highest BCUT2D eigenvalue weighted by atomic mass is 35.5. The van der Waals surface area contributed by atoms with Crippen LogP contribution in [0.5, 0.6) is 0 Å². The van der Waals surface area contributed by atoms with Crippen molar-refractivity contribution >= 4 is 44.2 Å². The first-order chi connectivity index (χ1) is 9.61. The van der Waals surface area contributed by atoms with E-state index in [-0.39, 0.29) is 11.5 Å². The van der Waals surface area contributed by atoms with Crippen molar-refractivity contribution in [3.8, 4) is 0 Å². The lowest BCUT2D eigenvalue weighted by Gasteiger charge is -2.00. The third-order valence-electron chi connectivity index (χ3n) is 2.56. The normalized spacial score (nSPS) is 10.7. The summed E-state index contributed by atoms with van der Waals surface area (Å²) in [6.07, 6.45) is 1.18. The molecule has 4 nitrogen and oxygen atoms in total. The number of rotatable bonds is 2. The second kappa shape index (κ2) is 5.15. The summed E-state index contributed by atoms with van der Waals surface area (Å²) in [7, 11) is 0. The van der Waals surface area contributed by atoms with Gasteiger partial charge in [-0.05, 0) is 30.3 Å². The molecule has 2 aromatic heterocycles. The lowest BCUT2D eigenvalue weighted by molar-refractivity contribution is 0.102. The number of amides is 1.